The molecule has 0 radical (unpaired) electrons. The first kappa shape index (κ1) is 10.4. The Morgan fingerprint density at radius 3 is 3.00 bits per heavy atom. The first-order valence-electron chi connectivity index (χ1n) is 4.75. The van der Waals surface area contributed by atoms with Gasteiger partial charge in [0.05, 0.1) is 5.52 Å². The van der Waals surface area contributed by atoms with Crippen molar-refractivity contribution in [2.45, 2.75) is 19.4 Å². The Balaban J connectivity index is 2.57. The van der Waals surface area contributed by atoms with Crippen LogP contribution < -0.4 is 11.5 Å². The summed E-state index contributed by atoms with van der Waals surface area (Å²) in [5, 5.41) is 0. The van der Waals surface area contributed by atoms with E-state index in [-0.39, 0.29) is 6.04 Å². The smallest absolute Gasteiger partial charge is 0.132 e. The average molecular weight is 269 g/mol. The van der Waals surface area contributed by atoms with Crippen molar-refractivity contribution in [1.82, 2.24) is 9.38 Å². The van der Waals surface area contributed by atoms with E-state index in [1.165, 1.54) is 0 Å². The van der Waals surface area contributed by atoms with Crippen molar-refractivity contribution in [3.63, 3.8) is 0 Å². The molecule has 0 aliphatic heterocycles. The van der Waals surface area contributed by atoms with Crippen molar-refractivity contribution >= 4 is 27.1 Å². The Bertz CT molecular complexity index is 489. The summed E-state index contributed by atoms with van der Waals surface area (Å²) >= 11 is 3.41. The second-order valence-corrected chi connectivity index (χ2v) is 4.47. The number of anilines is 1. The van der Waals surface area contributed by atoms with Gasteiger partial charge in [-0.25, -0.2) is 4.98 Å². The van der Waals surface area contributed by atoms with Crippen LogP contribution >= 0.6 is 15.9 Å². The van der Waals surface area contributed by atoms with Crippen molar-refractivity contribution in [2.24, 2.45) is 5.73 Å². The number of nitrogens with two attached hydrogens (primary N) is 2. The molecule has 4 nitrogen and oxygen atoms in total. The summed E-state index contributed by atoms with van der Waals surface area (Å²) in [6.45, 7) is 1.96. The minimum Gasteiger partial charge on any atom is -0.399 e. The fraction of sp³-hybridized carbons (Fsp3) is 0.300. The van der Waals surface area contributed by atoms with Crippen LogP contribution in [0.25, 0.3) is 5.52 Å². The predicted octanol–water partition coefficient (Wildman–Crippen LogP) is 1.57. The highest BCUT2D eigenvalue weighted by molar-refractivity contribution is 9.10. The number of imidazole rings is 1. The molecule has 0 amide bonds. The van der Waals surface area contributed by atoms with Crippen LogP contribution in [0.15, 0.2) is 22.9 Å². The quantitative estimate of drug-likeness (QED) is 0.869. The SMILES string of the molecule is CC(N)Cc1nc(Br)c2cc(N)ccn12. The van der Waals surface area contributed by atoms with Crippen LogP contribution in [0.1, 0.15) is 12.7 Å². The Labute approximate surface area is 96.4 Å². The van der Waals surface area contributed by atoms with E-state index in [0.29, 0.717) is 0 Å². The van der Waals surface area contributed by atoms with Crippen LogP contribution in [0.4, 0.5) is 5.69 Å². The van der Waals surface area contributed by atoms with Crippen molar-refractivity contribution in [2.75, 3.05) is 5.73 Å². The van der Waals surface area contributed by atoms with E-state index < -0.39 is 0 Å². The van der Waals surface area contributed by atoms with E-state index >= 15 is 0 Å². The summed E-state index contributed by atoms with van der Waals surface area (Å²) in [6, 6.07) is 3.84. The number of fused-ring (bicyclic) bond motifs is 1. The van der Waals surface area contributed by atoms with Gasteiger partial charge in [-0.1, -0.05) is 0 Å². The Morgan fingerprint density at radius 2 is 2.33 bits per heavy atom. The van der Waals surface area contributed by atoms with E-state index in [1.807, 2.05) is 29.7 Å². The standard InChI is InChI=1S/C10H13BrN4/c1-6(12)4-9-14-10(11)8-5-7(13)2-3-15(8)9/h2-3,5-6H,4,12-13H2,1H3. The number of nitrogen functional groups attached to an aromatic ring is 1. The number of pyridine rings is 1. The molecule has 1 unspecified atom stereocenters. The van der Waals surface area contributed by atoms with Gasteiger partial charge in [0.2, 0.25) is 0 Å². The van der Waals surface area contributed by atoms with Crippen molar-refractivity contribution in [3.05, 3.63) is 28.8 Å². The van der Waals surface area contributed by atoms with Crippen molar-refractivity contribution in [3.8, 4) is 0 Å². The zero-order valence-corrected chi connectivity index (χ0v) is 10.0. The lowest BCUT2D eigenvalue weighted by atomic mass is 10.2. The van der Waals surface area contributed by atoms with E-state index in [2.05, 4.69) is 20.9 Å². The Kier molecular flexibility index (Phi) is 2.67. The van der Waals surface area contributed by atoms with Gasteiger partial charge in [-0.2, -0.15) is 0 Å². The molecule has 4 N–H and O–H groups in total. The highest BCUT2D eigenvalue weighted by atomic mass is 79.9. The molecule has 0 aromatic carbocycles. The van der Waals surface area contributed by atoms with Gasteiger partial charge in [-0.15, -0.1) is 0 Å². The highest BCUT2D eigenvalue weighted by Crippen LogP contribution is 2.21. The van der Waals surface area contributed by atoms with Crippen LogP contribution in [-0.2, 0) is 6.42 Å². The van der Waals surface area contributed by atoms with Gasteiger partial charge >= 0.3 is 0 Å². The lowest BCUT2D eigenvalue weighted by Crippen LogP contribution is -2.19. The first-order chi connectivity index (χ1) is 7.08. The summed E-state index contributed by atoms with van der Waals surface area (Å²) in [6.07, 6.45) is 2.66. The fourth-order valence-electron chi connectivity index (χ4n) is 1.56. The van der Waals surface area contributed by atoms with Gasteiger partial charge in [-0.05, 0) is 35.0 Å². The maximum absolute atomic E-state index is 5.76. The summed E-state index contributed by atoms with van der Waals surface area (Å²) in [7, 11) is 0. The van der Waals surface area contributed by atoms with Gasteiger partial charge in [0.1, 0.15) is 10.4 Å². The van der Waals surface area contributed by atoms with Crippen LogP contribution in [0.5, 0.6) is 0 Å². The topological polar surface area (TPSA) is 69.3 Å². The molecule has 0 saturated carbocycles. The van der Waals surface area contributed by atoms with E-state index in [0.717, 1.165) is 28.1 Å². The molecule has 2 heterocycles. The zero-order chi connectivity index (χ0) is 11.0. The summed E-state index contributed by atoms with van der Waals surface area (Å²) in [4.78, 5) is 4.42. The second-order valence-electron chi connectivity index (χ2n) is 3.72. The minimum absolute atomic E-state index is 0.0973. The summed E-state index contributed by atoms with van der Waals surface area (Å²) in [5.41, 5.74) is 13.2. The zero-order valence-electron chi connectivity index (χ0n) is 8.44. The van der Waals surface area contributed by atoms with Gasteiger partial charge in [0.15, 0.2) is 0 Å². The third-order valence-electron chi connectivity index (χ3n) is 2.20. The largest absolute Gasteiger partial charge is 0.399 e. The molecule has 5 heteroatoms. The maximum atomic E-state index is 5.76. The number of rotatable bonds is 2. The lowest BCUT2D eigenvalue weighted by molar-refractivity contribution is 0.699. The van der Waals surface area contributed by atoms with Crippen LogP contribution in [0.3, 0.4) is 0 Å². The van der Waals surface area contributed by atoms with Crippen LogP contribution in [0, 0.1) is 0 Å². The molecule has 15 heavy (non-hydrogen) atoms. The number of hydrogen-bond donors (Lipinski definition) is 2. The number of aromatic nitrogens is 2. The van der Waals surface area contributed by atoms with Crippen molar-refractivity contribution in [1.29, 1.82) is 0 Å². The number of nitrogens with zero attached hydrogens (tertiary/aromatic N) is 2. The minimum atomic E-state index is 0.0973. The van der Waals surface area contributed by atoms with Gasteiger partial charge in [0.25, 0.3) is 0 Å². The molecule has 0 spiro atoms. The molecule has 0 aliphatic carbocycles. The maximum Gasteiger partial charge on any atom is 0.132 e. The summed E-state index contributed by atoms with van der Waals surface area (Å²) in [5.74, 6) is 0.951. The predicted molar refractivity (Wildman–Crippen MR) is 64.7 cm³/mol. The third-order valence-corrected chi connectivity index (χ3v) is 2.78. The molecular weight excluding hydrogens is 256 g/mol. The monoisotopic (exact) mass is 268 g/mol. The van der Waals surface area contributed by atoms with Crippen molar-refractivity contribution < 1.29 is 0 Å². The second kappa shape index (κ2) is 3.83. The van der Waals surface area contributed by atoms with E-state index in [1.54, 1.807) is 0 Å². The molecule has 0 saturated heterocycles. The molecule has 0 aliphatic rings. The summed E-state index contributed by atoms with van der Waals surface area (Å²) < 4.78 is 2.81. The Morgan fingerprint density at radius 1 is 1.60 bits per heavy atom. The molecule has 2 aromatic rings. The first-order valence-corrected chi connectivity index (χ1v) is 5.55. The van der Waals surface area contributed by atoms with Gasteiger partial charge < -0.3 is 15.9 Å². The lowest BCUT2D eigenvalue weighted by Gasteiger charge is -2.04. The molecule has 80 valence electrons. The molecule has 1 atom stereocenters. The van der Waals surface area contributed by atoms with Crippen LogP contribution in [-0.4, -0.2) is 15.4 Å². The molecular formula is C10H13BrN4. The van der Waals surface area contributed by atoms with Crippen LogP contribution in [0.2, 0.25) is 0 Å². The Hall–Kier alpha value is -1.07. The fourth-order valence-corrected chi connectivity index (χ4v) is 2.07. The van der Waals surface area contributed by atoms with E-state index in [4.69, 9.17) is 11.5 Å². The molecule has 2 aromatic heterocycles. The normalized spacial score (nSPS) is 13.3. The number of halogens is 1. The molecule has 2 rings (SSSR count). The number of hydrogen-bond acceptors (Lipinski definition) is 3. The molecule has 0 fully saturated rings. The van der Waals surface area contributed by atoms with Gasteiger partial charge in [0, 0.05) is 24.3 Å². The third kappa shape index (κ3) is 1.98. The highest BCUT2D eigenvalue weighted by Gasteiger charge is 2.10. The average Bonchev–Trinajstić information content (AvgIpc) is 2.42. The van der Waals surface area contributed by atoms with E-state index in [9.17, 15) is 0 Å². The molecule has 0 bridgehead atoms. The van der Waals surface area contributed by atoms with Gasteiger partial charge in [-0.3, -0.25) is 0 Å².